The molecule has 2 heterocycles. The van der Waals surface area contributed by atoms with Crippen LogP contribution in [-0.2, 0) is 0 Å². The fourth-order valence-corrected chi connectivity index (χ4v) is 2.74. The summed E-state index contributed by atoms with van der Waals surface area (Å²) in [6, 6.07) is 2.32. The Bertz CT molecular complexity index is 320. The van der Waals surface area contributed by atoms with Crippen molar-refractivity contribution < 1.29 is 0 Å². The van der Waals surface area contributed by atoms with E-state index in [0.29, 0.717) is 0 Å². The predicted octanol–water partition coefficient (Wildman–Crippen LogP) is 2.58. The Kier molecular flexibility index (Phi) is 3.70. The van der Waals surface area contributed by atoms with Crippen LogP contribution in [0.2, 0.25) is 0 Å². The summed E-state index contributed by atoms with van der Waals surface area (Å²) in [7, 11) is 0. The van der Waals surface area contributed by atoms with Gasteiger partial charge in [0.2, 0.25) is 0 Å². The van der Waals surface area contributed by atoms with Gasteiger partial charge in [0.05, 0.1) is 16.5 Å². The highest BCUT2D eigenvalue weighted by molar-refractivity contribution is 7.09. The summed E-state index contributed by atoms with van der Waals surface area (Å²) in [6.45, 7) is 2.10. The molecule has 1 atom stereocenters. The number of nitriles is 1. The van der Waals surface area contributed by atoms with E-state index in [-0.39, 0.29) is 6.04 Å². The Morgan fingerprint density at radius 2 is 2.07 bits per heavy atom. The molecule has 1 aliphatic rings. The maximum Gasteiger partial charge on any atom is 0.134 e. The van der Waals surface area contributed by atoms with Gasteiger partial charge in [0.15, 0.2) is 0 Å². The Morgan fingerprint density at radius 1 is 1.33 bits per heavy atom. The number of hydrogen-bond acceptors (Lipinski definition) is 4. The molecule has 0 spiro atoms. The van der Waals surface area contributed by atoms with Gasteiger partial charge in [0, 0.05) is 6.20 Å². The SMILES string of the molecule is N#CC(c1cncs1)N1CCCCCC1. The van der Waals surface area contributed by atoms with Gasteiger partial charge in [-0.05, 0) is 25.9 Å². The van der Waals surface area contributed by atoms with Crippen molar-refractivity contribution in [1.29, 1.82) is 5.26 Å². The van der Waals surface area contributed by atoms with Crippen molar-refractivity contribution in [1.82, 2.24) is 9.88 Å². The first-order valence-corrected chi connectivity index (χ1v) is 6.32. The van der Waals surface area contributed by atoms with E-state index < -0.39 is 0 Å². The van der Waals surface area contributed by atoms with E-state index in [9.17, 15) is 5.26 Å². The molecule has 1 aromatic heterocycles. The molecule has 3 nitrogen and oxygen atoms in total. The molecule has 1 saturated heterocycles. The maximum atomic E-state index is 9.23. The molecule has 0 aromatic carbocycles. The maximum absolute atomic E-state index is 9.23. The van der Waals surface area contributed by atoms with Crippen LogP contribution in [0.1, 0.15) is 36.6 Å². The van der Waals surface area contributed by atoms with Crippen LogP contribution < -0.4 is 0 Å². The van der Waals surface area contributed by atoms with Gasteiger partial charge < -0.3 is 0 Å². The highest BCUT2D eigenvalue weighted by Crippen LogP contribution is 2.25. The number of likely N-dealkylation sites (tertiary alicyclic amines) is 1. The lowest BCUT2D eigenvalue weighted by molar-refractivity contribution is 0.248. The molecule has 15 heavy (non-hydrogen) atoms. The van der Waals surface area contributed by atoms with Gasteiger partial charge in [-0.25, -0.2) is 0 Å². The highest BCUT2D eigenvalue weighted by Gasteiger charge is 2.21. The normalized spacial score (nSPS) is 20.5. The zero-order chi connectivity index (χ0) is 10.5. The van der Waals surface area contributed by atoms with Crippen molar-refractivity contribution in [2.75, 3.05) is 13.1 Å². The van der Waals surface area contributed by atoms with E-state index >= 15 is 0 Å². The van der Waals surface area contributed by atoms with Gasteiger partial charge >= 0.3 is 0 Å². The van der Waals surface area contributed by atoms with Crippen LogP contribution in [0.4, 0.5) is 0 Å². The first-order chi connectivity index (χ1) is 7.42. The van der Waals surface area contributed by atoms with Crippen LogP contribution in [0.5, 0.6) is 0 Å². The minimum Gasteiger partial charge on any atom is -0.284 e. The lowest BCUT2D eigenvalue weighted by Gasteiger charge is -2.23. The summed E-state index contributed by atoms with van der Waals surface area (Å²) in [6.07, 6.45) is 6.87. The van der Waals surface area contributed by atoms with Crippen molar-refractivity contribution >= 4 is 11.3 Å². The van der Waals surface area contributed by atoms with Gasteiger partial charge in [-0.1, -0.05) is 12.8 Å². The summed E-state index contributed by atoms with van der Waals surface area (Å²) in [5.74, 6) is 0. The minimum absolute atomic E-state index is 0.0735. The molecular formula is C11H15N3S. The van der Waals surface area contributed by atoms with Gasteiger partial charge in [-0.2, -0.15) is 5.26 Å². The fourth-order valence-electron chi connectivity index (χ4n) is 2.04. The summed E-state index contributed by atoms with van der Waals surface area (Å²) < 4.78 is 0. The second-order valence-electron chi connectivity index (χ2n) is 3.89. The molecule has 2 rings (SSSR count). The third-order valence-electron chi connectivity index (χ3n) is 2.85. The van der Waals surface area contributed by atoms with Gasteiger partial charge in [0.1, 0.15) is 6.04 Å². The van der Waals surface area contributed by atoms with Gasteiger partial charge in [-0.15, -0.1) is 11.3 Å². The molecule has 1 unspecified atom stereocenters. The molecule has 4 heteroatoms. The number of nitrogens with zero attached hydrogens (tertiary/aromatic N) is 3. The second-order valence-corrected chi connectivity index (χ2v) is 4.80. The van der Waals surface area contributed by atoms with E-state index in [1.54, 1.807) is 16.8 Å². The fraction of sp³-hybridized carbons (Fsp3) is 0.636. The number of aromatic nitrogens is 1. The zero-order valence-corrected chi connectivity index (χ0v) is 9.54. The van der Waals surface area contributed by atoms with E-state index in [1.807, 2.05) is 6.20 Å². The van der Waals surface area contributed by atoms with Crippen molar-refractivity contribution in [2.45, 2.75) is 31.7 Å². The van der Waals surface area contributed by atoms with Crippen LogP contribution in [0, 0.1) is 11.3 Å². The number of hydrogen-bond donors (Lipinski definition) is 0. The third-order valence-corrected chi connectivity index (χ3v) is 3.68. The molecule has 1 aromatic rings. The topological polar surface area (TPSA) is 39.9 Å². The Labute approximate surface area is 94.4 Å². The average molecular weight is 221 g/mol. The van der Waals surface area contributed by atoms with E-state index in [2.05, 4.69) is 16.0 Å². The summed E-state index contributed by atoms with van der Waals surface area (Å²) in [5, 5.41) is 9.23. The zero-order valence-electron chi connectivity index (χ0n) is 8.72. The summed E-state index contributed by atoms with van der Waals surface area (Å²) >= 11 is 1.58. The van der Waals surface area contributed by atoms with E-state index in [0.717, 1.165) is 18.0 Å². The lowest BCUT2D eigenvalue weighted by Crippen LogP contribution is -2.28. The minimum atomic E-state index is -0.0735. The first-order valence-electron chi connectivity index (χ1n) is 5.44. The lowest BCUT2D eigenvalue weighted by atomic mass is 10.2. The standard InChI is InChI=1S/C11H15N3S/c12-7-10(11-8-13-9-15-11)14-5-3-1-2-4-6-14/h8-10H,1-6H2. The smallest absolute Gasteiger partial charge is 0.134 e. The van der Waals surface area contributed by atoms with Crippen LogP contribution in [-0.4, -0.2) is 23.0 Å². The Balaban J connectivity index is 2.09. The van der Waals surface area contributed by atoms with Gasteiger partial charge in [-0.3, -0.25) is 9.88 Å². The average Bonchev–Trinajstić information content (AvgIpc) is 2.63. The molecule has 80 valence electrons. The van der Waals surface area contributed by atoms with Crippen molar-refractivity contribution in [3.8, 4) is 6.07 Å². The molecule has 0 saturated carbocycles. The molecule has 0 N–H and O–H groups in total. The highest BCUT2D eigenvalue weighted by atomic mass is 32.1. The Hall–Kier alpha value is -0.920. The van der Waals surface area contributed by atoms with Crippen LogP contribution in [0.25, 0.3) is 0 Å². The molecule has 0 bridgehead atoms. The summed E-state index contributed by atoms with van der Waals surface area (Å²) in [4.78, 5) is 7.42. The van der Waals surface area contributed by atoms with Crippen molar-refractivity contribution in [3.63, 3.8) is 0 Å². The molecular weight excluding hydrogens is 206 g/mol. The van der Waals surface area contributed by atoms with Gasteiger partial charge in [0.25, 0.3) is 0 Å². The van der Waals surface area contributed by atoms with Crippen LogP contribution >= 0.6 is 11.3 Å². The van der Waals surface area contributed by atoms with E-state index in [1.165, 1.54) is 25.7 Å². The molecule has 1 aliphatic heterocycles. The molecule has 0 amide bonds. The van der Waals surface area contributed by atoms with Crippen molar-refractivity contribution in [2.24, 2.45) is 0 Å². The van der Waals surface area contributed by atoms with Crippen LogP contribution in [0.15, 0.2) is 11.7 Å². The monoisotopic (exact) mass is 221 g/mol. The molecule has 1 fully saturated rings. The summed E-state index contributed by atoms with van der Waals surface area (Å²) in [5.41, 5.74) is 1.80. The van der Waals surface area contributed by atoms with Crippen LogP contribution in [0.3, 0.4) is 0 Å². The second kappa shape index (κ2) is 5.24. The quantitative estimate of drug-likeness (QED) is 0.770. The predicted molar refractivity (Wildman–Crippen MR) is 60.5 cm³/mol. The Morgan fingerprint density at radius 3 is 2.60 bits per heavy atom. The van der Waals surface area contributed by atoms with Crippen molar-refractivity contribution in [3.05, 3.63) is 16.6 Å². The van der Waals surface area contributed by atoms with E-state index in [4.69, 9.17) is 0 Å². The number of rotatable bonds is 2. The third kappa shape index (κ3) is 2.55. The largest absolute Gasteiger partial charge is 0.284 e. The first kappa shape index (κ1) is 10.6. The molecule has 0 aliphatic carbocycles. The number of thiazole rings is 1. The molecule has 0 radical (unpaired) electrons.